The van der Waals surface area contributed by atoms with Crippen LogP contribution in [-0.4, -0.2) is 13.1 Å². The lowest BCUT2D eigenvalue weighted by atomic mass is 10.1. The zero-order valence-corrected chi connectivity index (χ0v) is 15.7. The Morgan fingerprint density at radius 2 is 2.07 bits per heavy atom. The van der Waals surface area contributed by atoms with Crippen LogP contribution in [0.15, 0.2) is 59.3 Å². The average Bonchev–Trinajstić information content (AvgIpc) is 3.24. The SMILES string of the molecule is COC(=O)C(Oc1cc(OCc2ccsc2)ccc1C#N)c1ccccc1F. The van der Waals surface area contributed by atoms with Gasteiger partial charge in [0.25, 0.3) is 0 Å². The molecular weight excluding hydrogens is 381 g/mol. The number of hydrogen-bond donors (Lipinski definition) is 0. The Hall–Kier alpha value is -3.37. The molecule has 3 aromatic rings. The number of nitrogens with zero attached hydrogens (tertiary/aromatic N) is 1. The maximum atomic E-state index is 14.2. The summed E-state index contributed by atoms with van der Waals surface area (Å²) in [5, 5.41) is 13.3. The van der Waals surface area contributed by atoms with E-state index in [0.29, 0.717) is 12.4 Å². The minimum atomic E-state index is -1.36. The van der Waals surface area contributed by atoms with Crippen molar-refractivity contribution in [2.45, 2.75) is 12.7 Å². The van der Waals surface area contributed by atoms with Crippen LogP contribution in [0.4, 0.5) is 4.39 Å². The molecule has 28 heavy (non-hydrogen) atoms. The van der Waals surface area contributed by atoms with Crippen LogP contribution in [0.5, 0.6) is 11.5 Å². The second kappa shape index (κ2) is 9.02. The molecule has 142 valence electrons. The van der Waals surface area contributed by atoms with Crippen LogP contribution in [0.1, 0.15) is 22.8 Å². The molecule has 0 saturated carbocycles. The van der Waals surface area contributed by atoms with Crippen LogP contribution < -0.4 is 9.47 Å². The van der Waals surface area contributed by atoms with Gasteiger partial charge in [0.2, 0.25) is 6.10 Å². The second-order valence-corrected chi connectivity index (χ2v) is 6.51. The molecule has 0 bridgehead atoms. The van der Waals surface area contributed by atoms with Crippen molar-refractivity contribution < 1.29 is 23.4 Å². The van der Waals surface area contributed by atoms with Crippen LogP contribution in [0, 0.1) is 17.1 Å². The monoisotopic (exact) mass is 397 g/mol. The van der Waals surface area contributed by atoms with Crippen molar-refractivity contribution in [1.82, 2.24) is 0 Å². The number of rotatable bonds is 7. The Morgan fingerprint density at radius 3 is 2.75 bits per heavy atom. The Morgan fingerprint density at radius 1 is 1.25 bits per heavy atom. The predicted molar refractivity (Wildman–Crippen MR) is 102 cm³/mol. The molecule has 0 spiro atoms. The summed E-state index contributed by atoms with van der Waals surface area (Å²) in [5.74, 6) is -0.832. The molecule has 1 unspecified atom stereocenters. The lowest BCUT2D eigenvalue weighted by molar-refractivity contribution is -0.149. The third-order valence-corrected chi connectivity index (χ3v) is 4.64. The summed E-state index contributed by atoms with van der Waals surface area (Å²) in [7, 11) is 1.19. The van der Waals surface area contributed by atoms with Crippen LogP contribution in [0.25, 0.3) is 0 Å². The molecule has 0 N–H and O–H groups in total. The molecule has 1 atom stereocenters. The van der Waals surface area contributed by atoms with Crippen LogP contribution in [-0.2, 0) is 16.1 Å². The van der Waals surface area contributed by atoms with Gasteiger partial charge in [0.05, 0.1) is 12.7 Å². The van der Waals surface area contributed by atoms with Crippen molar-refractivity contribution in [1.29, 1.82) is 5.26 Å². The van der Waals surface area contributed by atoms with Gasteiger partial charge in [0.15, 0.2) is 0 Å². The maximum absolute atomic E-state index is 14.2. The van der Waals surface area contributed by atoms with Crippen molar-refractivity contribution in [2.75, 3.05) is 7.11 Å². The topological polar surface area (TPSA) is 68.6 Å². The number of nitriles is 1. The van der Waals surface area contributed by atoms with Crippen molar-refractivity contribution in [3.63, 3.8) is 0 Å². The van der Waals surface area contributed by atoms with E-state index in [1.807, 2.05) is 22.9 Å². The number of carbonyl (C=O) groups excluding carboxylic acids is 1. The second-order valence-electron chi connectivity index (χ2n) is 5.73. The highest BCUT2D eigenvalue weighted by Gasteiger charge is 2.27. The van der Waals surface area contributed by atoms with Gasteiger partial charge in [0, 0.05) is 11.6 Å². The third-order valence-electron chi connectivity index (χ3n) is 3.91. The Kier molecular flexibility index (Phi) is 6.25. The normalized spacial score (nSPS) is 11.3. The number of benzene rings is 2. The van der Waals surface area contributed by atoms with Crippen LogP contribution in [0.2, 0.25) is 0 Å². The molecule has 0 radical (unpaired) electrons. The Labute approximate surface area is 165 Å². The van der Waals surface area contributed by atoms with Gasteiger partial charge in [-0.2, -0.15) is 16.6 Å². The first kappa shape index (κ1) is 19.4. The van der Waals surface area contributed by atoms with Gasteiger partial charge >= 0.3 is 5.97 Å². The van der Waals surface area contributed by atoms with E-state index in [4.69, 9.17) is 14.2 Å². The van der Waals surface area contributed by atoms with E-state index in [-0.39, 0.29) is 16.9 Å². The highest BCUT2D eigenvalue weighted by molar-refractivity contribution is 7.07. The Bertz CT molecular complexity index is 998. The van der Waals surface area contributed by atoms with Gasteiger partial charge in [-0.3, -0.25) is 0 Å². The van der Waals surface area contributed by atoms with E-state index in [9.17, 15) is 14.4 Å². The average molecular weight is 397 g/mol. The first-order valence-corrected chi connectivity index (χ1v) is 9.23. The summed E-state index contributed by atoms with van der Waals surface area (Å²) >= 11 is 1.56. The Balaban J connectivity index is 1.89. The number of esters is 1. The number of halogens is 1. The highest BCUT2D eigenvalue weighted by Crippen LogP contribution is 2.31. The van der Waals surface area contributed by atoms with E-state index >= 15 is 0 Å². The first-order chi connectivity index (χ1) is 13.6. The van der Waals surface area contributed by atoms with Crippen LogP contribution >= 0.6 is 11.3 Å². The smallest absolute Gasteiger partial charge is 0.351 e. The van der Waals surface area contributed by atoms with E-state index in [2.05, 4.69) is 0 Å². The molecule has 0 amide bonds. The number of ether oxygens (including phenoxy) is 3. The summed E-state index contributed by atoms with van der Waals surface area (Å²) in [6, 6.07) is 14.3. The van der Waals surface area contributed by atoms with Crippen molar-refractivity contribution >= 4 is 17.3 Å². The van der Waals surface area contributed by atoms with Crippen molar-refractivity contribution in [3.8, 4) is 17.6 Å². The fourth-order valence-electron chi connectivity index (χ4n) is 2.48. The summed E-state index contributed by atoms with van der Waals surface area (Å²) < 4.78 is 30.4. The van der Waals surface area contributed by atoms with Gasteiger partial charge < -0.3 is 14.2 Å². The molecule has 0 aliphatic rings. The van der Waals surface area contributed by atoms with Gasteiger partial charge in [0.1, 0.15) is 30.0 Å². The van der Waals surface area contributed by atoms with Crippen molar-refractivity contribution in [2.24, 2.45) is 0 Å². The summed E-state index contributed by atoms with van der Waals surface area (Å²) in [5.41, 5.74) is 1.21. The zero-order valence-electron chi connectivity index (χ0n) is 14.9. The molecule has 0 aliphatic carbocycles. The number of carbonyl (C=O) groups is 1. The van der Waals surface area contributed by atoms with E-state index in [0.717, 1.165) is 5.56 Å². The summed E-state index contributed by atoms with van der Waals surface area (Å²) in [6.07, 6.45) is -1.36. The quantitative estimate of drug-likeness (QED) is 0.544. The molecular formula is C21H16FNO4S. The molecule has 5 nitrogen and oxygen atoms in total. The molecule has 3 rings (SSSR count). The number of thiophene rings is 1. The van der Waals surface area contributed by atoms with Gasteiger partial charge in [-0.05, 0) is 40.6 Å². The summed E-state index contributed by atoms with van der Waals surface area (Å²) in [4.78, 5) is 12.2. The maximum Gasteiger partial charge on any atom is 0.351 e. The first-order valence-electron chi connectivity index (χ1n) is 8.29. The molecule has 0 saturated heterocycles. The van der Waals surface area contributed by atoms with E-state index < -0.39 is 17.9 Å². The zero-order chi connectivity index (χ0) is 19.9. The van der Waals surface area contributed by atoms with E-state index in [1.54, 1.807) is 23.5 Å². The minimum absolute atomic E-state index is 0.0165. The molecule has 0 fully saturated rings. The van der Waals surface area contributed by atoms with Crippen molar-refractivity contribution in [3.05, 3.63) is 81.8 Å². The highest BCUT2D eigenvalue weighted by atomic mass is 32.1. The van der Waals surface area contributed by atoms with E-state index in [1.165, 1.54) is 37.4 Å². The standard InChI is InChI=1S/C21H16FNO4S/c1-25-21(24)20(17-4-2-3-5-18(17)22)27-19-10-16(7-6-15(19)11-23)26-12-14-8-9-28-13-14/h2-10,13,20H,12H2,1H3. The largest absolute Gasteiger partial charge is 0.489 e. The molecule has 1 aromatic heterocycles. The van der Waals surface area contributed by atoms with Gasteiger partial charge in [-0.1, -0.05) is 18.2 Å². The number of methoxy groups -OCH3 is 1. The molecule has 7 heteroatoms. The summed E-state index contributed by atoms with van der Waals surface area (Å²) in [6.45, 7) is 0.350. The molecule has 1 heterocycles. The fraction of sp³-hybridized carbons (Fsp3) is 0.143. The number of hydrogen-bond acceptors (Lipinski definition) is 6. The predicted octanol–water partition coefficient (Wildman–Crippen LogP) is 4.63. The minimum Gasteiger partial charge on any atom is -0.489 e. The van der Waals surface area contributed by atoms with Gasteiger partial charge in [-0.25, -0.2) is 9.18 Å². The fourth-order valence-corrected chi connectivity index (χ4v) is 3.14. The van der Waals surface area contributed by atoms with Crippen LogP contribution in [0.3, 0.4) is 0 Å². The lowest BCUT2D eigenvalue weighted by Gasteiger charge is -2.19. The lowest BCUT2D eigenvalue weighted by Crippen LogP contribution is -2.21. The molecule has 2 aromatic carbocycles. The third kappa shape index (κ3) is 4.48. The molecule has 0 aliphatic heterocycles. The van der Waals surface area contributed by atoms with Gasteiger partial charge in [-0.15, -0.1) is 0 Å².